The summed E-state index contributed by atoms with van der Waals surface area (Å²) in [5, 5.41) is 5.95. The van der Waals surface area contributed by atoms with Gasteiger partial charge in [0, 0.05) is 51.0 Å². The van der Waals surface area contributed by atoms with E-state index in [2.05, 4.69) is 15.5 Å². The fraction of sp³-hybridized carbons (Fsp3) is 0.433. The maximum atomic E-state index is 13.5. The van der Waals surface area contributed by atoms with Crippen molar-refractivity contribution in [3.05, 3.63) is 71.4 Å². The Kier molecular flexibility index (Phi) is 9.65. The van der Waals surface area contributed by atoms with Crippen LogP contribution in [0.3, 0.4) is 0 Å². The number of hydrogen-bond donors (Lipinski definition) is 2. The minimum atomic E-state index is -0.707. The molecule has 0 radical (unpaired) electrons. The van der Waals surface area contributed by atoms with Crippen LogP contribution in [0.25, 0.3) is 0 Å². The molecule has 0 bridgehead atoms. The van der Waals surface area contributed by atoms with E-state index in [9.17, 15) is 14.4 Å². The van der Waals surface area contributed by atoms with Crippen molar-refractivity contribution in [2.75, 3.05) is 45.9 Å². The minimum Gasteiger partial charge on any atom is -0.463 e. The molecule has 4 rings (SSSR count). The van der Waals surface area contributed by atoms with E-state index in [4.69, 9.17) is 9.47 Å². The van der Waals surface area contributed by atoms with Crippen molar-refractivity contribution in [1.82, 2.24) is 25.3 Å². The van der Waals surface area contributed by atoms with E-state index >= 15 is 0 Å². The number of nitrogens with one attached hydrogen (secondary N) is 2. The molecule has 0 spiro atoms. The van der Waals surface area contributed by atoms with Gasteiger partial charge in [-0.2, -0.15) is 0 Å². The molecule has 2 heterocycles. The molecule has 1 fully saturated rings. The van der Waals surface area contributed by atoms with Gasteiger partial charge in [0.25, 0.3) is 0 Å². The maximum Gasteiger partial charge on any atom is 0.338 e. The van der Waals surface area contributed by atoms with Crippen molar-refractivity contribution in [3.8, 4) is 11.5 Å². The van der Waals surface area contributed by atoms with Crippen molar-refractivity contribution < 1.29 is 23.9 Å². The lowest BCUT2D eigenvalue weighted by Gasteiger charge is -2.40. The van der Waals surface area contributed by atoms with Crippen molar-refractivity contribution in [1.29, 1.82) is 0 Å². The number of carbonyl (C=O) groups is 3. The molecule has 1 saturated heterocycles. The number of esters is 1. The average molecular weight is 550 g/mol. The number of para-hydroxylation sites is 1. The molecule has 2 aromatic carbocycles. The Labute approximate surface area is 235 Å². The number of ether oxygens (including phenoxy) is 2. The number of nitrogens with zero attached hydrogens (tertiary/aromatic N) is 3. The highest BCUT2D eigenvalue weighted by molar-refractivity contribution is 5.95. The fourth-order valence-electron chi connectivity index (χ4n) is 4.95. The molecular weight excluding hydrogens is 510 g/mol. The summed E-state index contributed by atoms with van der Waals surface area (Å²) in [6, 6.07) is 15.8. The lowest BCUT2D eigenvalue weighted by atomic mass is 9.94. The first kappa shape index (κ1) is 28.9. The highest BCUT2D eigenvalue weighted by Crippen LogP contribution is 2.34. The molecule has 0 unspecified atom stereocenters. The minimum absolute atomic E-state index is 0.0650. The first-order valence-corrected chi connectivity index (χ1v) is 13.9. The summed E-state index contributed by atoms with van der Waals surface area (Å²) >= 11 is 0. The molecule has 10 nitrogen and oxygen atoms in total. The van der Waals surface area contributed by atoms with Crippen molar-refractivity contribution in [2.45, 2.75) is 39.8 Å². The van der Waals surface area contributed by atoms with Crippen LogP contribution in [0.1, 0.15) is 39.3 Å². The van der Waals surface area contributed by atoms with Crippen LogP contribution in [-0.4, -0.2) is 84.6 Å². The van der Waals surface area contributed by atoms with E-state index in [-0.39, 0.29) is 24.7 Å². The van der Waals surface area contributed by atoms with E-state index in [1.54, 1.807) is 16.7 Å². The molecule has 0 saturated carbocycles. The zero-order valence-corrected chi connectivity index (χ0v) is 23.7. The van der Waals surface area contributed by atoms with Gasteiger partial charge in [0.05, 0.1) is 18.2 Å². The van der Waals surface area contributed by atoms with Crippen LogP contribution in [0.2, 0.25) is 0 Å². The second-order valence-corrected chi connectivity index (χ2v) is 10.1. The van der Waals surface area contributed by atoms with Crippen LogP contribution in [-0.2, 0) is 9.53 Å². The van der Waals surface area contributed by atoms with Gasteiger partial charge in [0.15, 0.2) is 0 Å². The summed E-state index contributed by atoms with van der Waals surface area (Å²) in [6.07, 6.45) is 0. The lowest BCUT2D eigenvalue weighted by molar-refractivity contribution is -0.139. The van der Waals surface area contributed by atoms with E-state index in [1.165, 1.54) is 0 Å². The average Bonchev–Trinajstić information content (AvgIpc) is 2.93. The number of carbonyl (C=O) groups excluding carboxylic acids is 3. The van der Waals surface area contributed by atoms with Crippen molar-refractivity contribution in [2.24, 2.45) is 0 Å². The number of piperazine rings is 1. The van der Waals surface area contributed by atoms with Gasteiger partial charge in [-0.25, -0.2) is 14.4 Å². The predicted molar refractivity (Wildman–Crippen MR) is 152 cm³/mol. The summed E-state index contributed by atoms with van der Waals surface area (Å²) in [4.78, 5) is 44.8. The molecular formula is C30H39N5O5. The quantitative estimate of drug-likeness (QED) is 0.456. The molecule has 4 amide bonds. The number of benzene rings is 2. The third kappa shape index (κ3) is 6.93. The highest BCUT2D eigenvalue weighted by atomic mass is 16.5. The Balaban J connectivity index is 1.63. The summed E-state index contributed by atoms with van der Waals surface area (Å²) in [5.74, 6) is 0.814. The summed E-state index contributed by atoms with van der Waals surface area (Å²) in [5.41, 5.74) is 1.73. The van der Waals surface area contributed by atoms with Gasteiger partial charge in [-0.3, -0.25) is 9.80 Å². The topological polar surface area (TPSA) is 103 Å². The molecule has 10 heteroatoms. The van der Waals surface area contributed by atoms with E-state index < -0.39 is 12.0 Å². The summed E-state index contributed by atoms with van der Waals surface area (Å²) < 4.78 is 11.5. The van der Waals surface area contributed by atoms with Crippen LogP contribution in [0.15, 0.2) is 65.9 Å². The molecule has 2 aromatic rings. The van der Waals surface area contributed by atoms with E-state index in [0.29, 0.717) is 67.6 Å². The van der Waals surface area contributed by atoms with Crippen LogP contribution in [0, 0.1) is 0 Å². The number of rotatable bonds is 9. The monoisotopic (exact) mass is 549 g/mol. The van der Waals surface area contributed by atoms with Crippen molar-refractivity contribution in [3.63, 3.8) is 0 Å². The van der Waals surface area contributed by atoms with Crippen molar-refractivity contribution >= 4 is 18.0 Å². The third-order valence-electron chi connectivity index (χ3n) is 6.87. The number of hydrogen-bond acceptors (Lipinski definition) is 6. The Morgan fingerprint density at radius 2 is 1.70 bits per heavy atom. The second-order valence-electron chi connectivity index (χ2n) is 10.1. The highest BCUT2D eigenvalue weighted by Gasteiger charge is 2.38. The van der Waals surface area contributed by atoms with Crippen LogP contribution in [0.5, 0.6) is 11.5 Å². The van der Waals surface area contributed by atoms with Crippen LogP contribution >= 0.6 is 0 Å². The first-order valence-electron chi connectivity index (χ1n) is 13.9. The van der Waals surface area contributed by atoms with Gasteiger partial charge < -0.3 is 25.0 Å². The zero-order valence-electron chi connectivity index (χ0n) is 23.7. The zero-order chi connectivity index (χ0) is 28.6. The lowest BCUT2D eigenvalue weighted by Crippen LogP contribution is -2.55. The first-order chi connectivity index (χ1) is 19.3. The molecule has 1 atom stereocenters. The Morgan fingerprint density at radius 3 is 2.35 bits per heavy atom. The Bertz CT molecular complexity index is 1220. The van der Waals surface area contributed by atoms with E-state index in [1.807, 2.05) is 75.4 Å². The van der Waals surface area contributed by atoms with Crippen LogP contribution in [0.4, 0.5) is 9.59 Å². The molecule has 2 aliphatic heterocycles. The molecule has 0 aliphatic carbocycles. The number of urea groups is 2. The largest absolute Gasteiger partial charge is 0.463 e. The van der Waals surface area contributed by atoms with Gasteiger partial charge in [0.2, 0.25) is 0 Å². The number of amides is 4. The van der Waals surface area contributed by atoms with Gasteiger partial charge in [-0.05, 0) is 57.5 Å². The smallest absolute Gasteiger partial charge is 0.338 e. The summed E-state index contributed by atoms with van der Waals surface area (Å²) in [6.45, 7) is 10.9. The molecule has 0 aromatic heterocycles. The standard InChI is InChI=1S/C30H39N5O5/c1-5-35-25(20-33-15-17-34(18-16-33)29(37)31-21(3)4)26(28(36)39-6-2)27(32-30(35)38)22-11-10-14-24(19-22)40-23-12-8-7-9-13-23/h7-14,19,21,27H,5-6,15-18,20H2,1-4H3,(H,31,37)(H,32,38)/t27-/m0/s1. The molecule has 2 aliphatic rings. The Morgan fingerprint density at radius 1 is 1.00 bits per heavy atom. The normalized spacial score (nSPS) is 18.0. The second kappa shape index (κ2) is 13.3. The van der Waals surface area contributed by atoms with Gasteiger partial charge >= 0.3 is 18.0 Å². The number of likely N-dealkylation sites (N-methyl/N-ethyl adjacent to an activating group) is 1. The van der Waals surface area contributed by atoms with E-state index in [0.717, 1.165) is 0 Å². The predicted octanol–water partition coefficient (Wildman–Crippen LogP) is 4.12. The summed E-state index contributed by atoms with van der Waals surface area (Å²) in [7, 11) is 0. The molecule has 214 valence electrons. The third-order valence-corrected chi connectivity index (χ3v) is 6.87. The SMILES string of the molecule is CCOC(=O)C1=C(CN2CCN(C(=O)NC(C)C)CC2)N(CC)C(=O)N[C@H]1c1cccc(Oc2ccccc2)c1. The Hall–Kier alpha value is -4.05. The molecule has 40 heavy (non-hydrogen) atoms. The van der Waals surface area contributed by atoms with Gasteiger partial charge in [-0.1, -0.05) is 30.3 Å². The van der Waals surface area contributed by atoms with Crippen LogP contribution < -0.4 is 15.4 Å². The van der Waals surface area contributed by atoms with Gasteiger partial charge in [-0.15, -0.1) is 0 Å². The van der Waals surface area contributed by atoms with Gasteiger partial charge in [0.1, 0.15) is 11.5 Å². The maximum absolute atomic E-state index is 13.5. The fourth-order valence-corrected chi connectivity index (χ4v) is 4.95. The molecule has 2 N–H and O–H groups in total.